The van der Waals surface area contributed by atoms with Gasteiger partial charge in [-0.25, -0.2) is 4.39 Å². The fourth-order valence-corrected chi connectivity index (χ4v) is 4.10. The number of furan rings is 1. The molecule has 1 aliphatic heterocycles. The lowest BCUT2D eigenvalue weighted by molar-refractivity contribution is 0.0687. The maximum atomic E-state index is 13.7. The number of carbonyl (C=O) groups excluding carboxylic acids is 1. The molecular formula is C26H29FN2O3. The largest absolute Gasteiger partial charge is 0.497 e. The number of amides is 1. The molecule has 0 saturated carbocycles. The van der Waals surface area contributed by atoms with Crippen molar-refractivity contribution in [1.82, 2.24) is 9.80 Å². The van der Waals surface area contributed by atoms with Gasteiger partial charge in [0.15, 0.2) is 5.76 Å². The van der Waals surface area contributed by atoms with Crippen molar-refractivity contribution in [3.63, 3.8) is 0 Å². The molecule has 5 nitrogen and oxygen atoms in total. The standard InChI is InChI=1S/C26H29FN2O3/c1-31-23-10-8-20(9-11-23)17-28(18-21-6-5-7-22(27)16-21)19-24-12-13-25(32-24)26(30)29-14-3-2-4-15-29/h5-13,16H,2-4,14-15,17-19H2,1H3. The predicted molar refractivity (Wildman–Crippen MR) is 121 cm³/mol. The van der Waals surface area contributed by atoms with Crippen LogP contribution in [0.3, 0.4) is 0 Å². The summed E-state index contributed by atoms with van der Waals surface area (Å²) in [5.74, 6) is 1.62. The van der Waals surface area contributed by atoms with Crippen molar-refractivity contribution in [2.24, 2.45) is 0 Å². The van der Waals surface area contributed by atoms with Gasteiger partial charge < -0.3 is 14.1 Å². The van der Waals surface area contributed by atoms with Crippen LogP contribution in [-0.2, 0) is 19.6 Å². The predicted octanol–water partition coefficient (Wildman–Crippen LogP) is 5.26. The lowest BCUT2D eigenvalue weighted by Gasteiger charge is -2.25. The average Bonchev–Trinajstić information content (AvgIpc) is 3.28. The smallest absolute Gasteiger partial charge is 0.289 e. The maximum absolute atomic E-state index is 13.7. The van der Waals surface area contributed by atoms with E-state index < -0.39 is 0 Å². The van der Waals surface area contributed by atoms with Crippen molar-refractivity contribution >= 4 is 5.91 Å². The second kappa shape index (κ2) is 10.5. The van der Waals surface area contributed by atoms with Crippen molar-refractivity contribution in [3.8, 4) is 5.75 Å². The Morgan fingerprint density at radius 1 is 0.969 bits per heavy atom. The fourth-order valence-electron chi connectivity index (χ4n) is 4.10. The zero-order valence-corrected chi connectivity index (χ0v) is 18.4. The van der Waals surface area contributed by atoms with Crippen LogP contribution in [0.15, 0.2) is 65.1 Å². The molecule has 0 bridgehead atoms. The Labute approximate surface area is 188 Å². The molecule has 0 spiro atoms. The summed E-state index contributed by atoms with van der Waals surface area (Å²) in [7, 11) is 1.64. The number of halogens is 1. The Morgan fingerprint density at radius 2 is 1.72 bits per heavy atom. The number of benzene rings is 2. The highest BCUT2D eigenvalue weighted by molar-refractivity contribution is 5.91. The molecule has 0 atom stereocenters. The average molecular weight is 437 g/mol. The number of carbonyl (C=O) groups is 1. The number of nitrogens with zero attached hydrogens (tertiary/aromatic N) is 2. The van der Waals surface area contributed by atoms with Gasteiger partial charge >= 0.3 is 0 Å². The van der Waals surface area contributed by atoms with Crippen molar-refractivity contribution in [1.29, 1.82) is 0 Å². The number of hydrogen-bond donors (Lipinski definition) is 0. The molecule has 2 aromatic carbocycles. The van der Waals surface area contributed by atoms with Gasteiger partial charge in [-0.05, 0) is 66.8 Å². The molecule has 168 valence electrons. The van der Waals surface area contributed by atoms with Crippen molar-refractivity contribution in [2.75, 3.05) is 20.2 Å². The zero-order chi connectivity index (χ0) is 22.3. The van der Waals surface area contributed by atoms with Crippen LogP contribution in [0.25, 0.3) is 0 Å². The van der Waals surface area contributed by atoms with Crippen LogP contribution in [0.1, 0.15) is 46.7 Å². The van der Waals surface area contributed by atoms with E-state index in [1.807, 2.05) is 41.3 Å². The highest BCUT2D eigenvalue weighted by atomic mass is 19.1. The molecule has 0 aliphatic carbocycles. The highest BCUT2D eigenvalue weighted by Crippen LogP contribution is 2.20. The molecule has 0 N–H and O–H groups in total. The number of methoxy groups -OCH3 is 1. The molecule has 3 aromatic rings. The van der Waals surface area contributed by atoms with Crippen LogP contribution < -0.4 is 4.74 Å². The summed E-state index contributed by atoms with van der Waals surface area (Å²) in [6.45, 7) is 3.29. The van der Waals surface area contributed by atoms with E-state index in [9.17, 15) is 9.18 Å². The molecule has 1 amide bonds. The summed E-state index contributed by atoms with van der Waals surface area (Å²) in [4.78, 5) is 16.8. The van der Waals surface area contributed by atoms with Crippen molar-refractivity contribution in [2.45, 2.75) is 38.9 Å². The van der Waals surface area contributed by atoms with E-state index in [4.69, 9.17) is 9.15 Å². The van der Waals surface area contributed by atoms with Gasteiger partial charge in [-0.3, -0.25) is 9.69 Å². The second-order valence-electron chi connectivity index (χ2n) is 8.24. The Bertz CT molecular complexity index is 1030. The number of ether oxygens (including phenoxy) is 1. The third kappa shape index (κ3) is 5.77. The van der Waals surface area contributed by atoms with Gasteiger partial charge in [-0.2, -0.15) is 0 Å². The van der Waals surface area contributed by atoms with E-state index in [-0.39, 0.29) is 11.7 Å². The van der Waals surface area contributed by atoms with Crippen LogP contribution in [0.4, 0.5) is 4.39 Å². The van der Waals surface area contributed by atoms with Crippen LogP contribution in [-0.4, -0.2) is 35.9 Å². The number of rotatable bonds is 8. The first-order valence-electron chi connectivity index (χ1n) is 11.1. The van der Waals surface area contributed by atoms with Crippen LogP contribution in [0.2, 0.25) is 0 Å². The van der Waals surface area contributed by atoms with Gasteiger partial charge in [0.2, 0.25) is 0 Å². The molecule has 1 aliphatic rings. The Hall–Kier alpha value is -3.12. The quantitative estimate of drug-likeness (QED) is 0.484. The van der Waals surface area contributed by atoms with Gasteiger partial charge in [0.25, 0.3) is 5.91 Å². The second-order valence-corrected chi connectivity index (χ2v) is 8.24. The normalized spacial score (nSPS) is 14.0. The zero-order valence-electron chi connectivity index (χ0n) is 18.4. The van der Waals surface area contributed by atoms with Crippen LogP contribution >= 0.6 is 0 Å². The summed E-state index contributed by atoms with van der Waals surface area (Å²) in [5, 5.41) is 0. The Kier molecular flexibility index (Phi) is 7.22. The van der Waals surface area contributed by atoms with E-state index in [1.165, 1.54) is 12.5 Å². The fraction of sp³-hybridized carbons (Fsp3) is 0.346. The van der Waals surface area contributed by atoms with Crippen LogP contribution in [0.5, 0.6) is 5.75 Å². The van der Waals surface area contributed by atoms with E-state index in [0.717, 1.165) is 48.6 Å². The lowest BCUT2D eigenvalue weighted by Crippen LogP contribution is -2.35. The molecule has 6 heteroatoms. The molecule has 0 radical (unpaired) electrons. The SMILES string of the molecule is COc1ccc(CN(Cc2cccc(F)c2)Cc2ccc(C(=O)N3CCCCC3)o2)cc1. The van der Waals surface area contributed by atoms with E-state index in [2.05, 4.69) is 4.90 Å². The summed E-state index contributed by atoms with van der Waals surface area (Å²) < 4.78 is 24.9. The monoisotopic (exact) mass is 436 g/mol. The Balaban J connectivity index is 1.49. The molecular weight excluding hydrogens is 407 g/mol. The molecule has 0 unspecified atom stereocenters. The van der Waals surface area contributed by atoms with Crippen molar-refractivity contribution < 1.29 is 18.3 Å². The van der Waals surface area contributed by atoms with Crippen molar-refractivity contribution in [3.05, 3.63) is 89.1 Å². The topological polar surface area (TPSA) is 45.9 Å². The highest BCUT2D eigenvalue weighted by Gasteiger charge is 2.21. The molecule has 32 heavy (non-hydrogen) atoms. The first-order chi connectivity index (χ1) is 15.6. The first kappa shape index (κ1) is 22.1. The number of likely N-dealkylation sites (tertiary alicyclic amines) is 1. The molecule has 4 rings (SSSR count). The first-order valence-corrected chi connectivity index (χ1v) is 11.1. The van der Waals surface area contributed by atoms with E-state index in [1.54, 1.807) is 25.3 Å². The van der Waals surface area contributed by atoms with Gasteiger partial charge in [0.05, 0.1) is 13.7 Å². The van der Waals surface area contributed by atoms with Gasteiger partial charge in [0.1, 0.15) is 17.3 Å². The van der Waals surface area contributed by atoms with Crippen LogP contribution in [0, 0.1) is 5.82 Å². The minimum atomic E-state index is -0.251. The molecule has 1 saturated heterocycles. The third-order valence-corrected chi connectivity index (χ3v) is 5.76. The van der Waals surface area contributed by atoms with Gasteiger partial charge in [-0.15, -0.1) is 0 Å². The number of piperidine rings is 1. The van der Waals surface area contributed by atoms with Gasteiger partial charge in [-0.1, -0.05) is 24.3 Å². The van der Waals surface area contributed by atoms with E-state index >= 15 is 0 Å². The maximum Gasteiger partial charge on any atom is 0.289 e. The number of hydrogen-bond acceptors (Lipinski definition) is 4. The lowest BCUT2D eigenvalue weighted by atomic mass is 10.1. The van der Waals surface area contributed by atoms with E-state index in [0.29, 0.717) is 25.4 Å². The summed E-state index contributed by atoms with van der Waals surface area (Å²) in [6.07, 6.45) is 3.26. The van der Waals surface area contributed by atoms with Gasteiger partial charge in [0, 0.05) is 26.2 Å². The molecule has 2 heterocycles. The summed E-state index contributed by atoms with van der Waals surface area (Å²) in [5.41, 5.74) is 1.99. The Morgan fingerprint density at radius 3 is 2.44 bits per heavy atom. The molecule has 1 aromatic heterocycles. The summed E-state index contributed by atoms with van der Waals surface area (Å²) >= 11 is 0. The minimum absolute atomic E-state index is 0.0391. The summed E-state index contributed by atoms with van der Waals surface area (Å²) in [6, 6.07) is 18.2. The molecule has 1 fully saturated rings. The third-order valence-electron chi connectivity index (χ3n) is 5.76. The minimum Gasteiger partial charge on any atom is -0.497 e.